The van der Waals surface area contributed by atoms with Crippen LogP contribution in [0.3, 0.4) is 0 Å². The summed E-state index contributed by atoms with van der Waals surface area (Å²) in [6.45, 7) is 0. The Bertz CT molecular complexity index is 731. The van der Waals surface area contributed by atoms with Gasteiger partial charge in [-0.2, -0.15) is 14.8 Å². The summed E-state index contributed by atoms with van der Waals surface area (Å²) in [5.74, 6) is -0.544. The third-order valence-corrected chi connectivity index (χ3v) is 2.20. The van der Waals surface area contributed by atoms with E-state index in [0.717, 1.165) is 4.52 Å². The lowest BCUT2D eigenvalue weighted by molar-refractivity contribution is -0.389. The molecule has 3 aromatic heterocycles. The molecular weight excluding hydrogens is 258 g/mol. The molecule has 0 saturated heterocycles. The van der Waals surface area contributed by atoms with Gasteiger partial charge in [0.2, 0.25) is 17.3 Å². The number of nitrogen functional groups attached to an aromatic ring is 1. The van der Waals surface area contributed by atoms with E-state index in [1.165, 1.54) is 6.20 Å². The quantitative estimate of drug-likeness (QED) is 0.379. The van der Waals surface area contributed by atoms with Crippen LogP contribution in [0, 0.1) is 10.1 Å². The Morgan fingerprint density at radius 2 is 2.16 bits per heavy atom. The van der Waals surface area contributed by atoms with Gasteiger partial charge in [-0.25, -0.2) is 0 Å². The van der Waals surface area contributed by atoms with Gasteiger partial charge in [0.1, 0.15) is 0 Å². The summed E-state index contributed by atoms with van der Waals surface area (Å²) in [5, 5.41) is 34.8. The molecule has 19 heavy (non-hydrogen) atoms. The Hall–Kier alpha value is -3.22. The predicted octanol–water partition coefficient (Wildman–Crippen LogP) is -1.04. The van der Waals surface area contributed by atoms with Crippen molar-refractivity contribution in [3.63, 3.8) is 0 Å². The SMILES string of the molecule is N.Nc1c([N+](=O)[O-])nnc2c(-c3nn[nH]n3)cnn12. The fourth-order valence-electron chi connectivity index (χ4n) is 1.42. The number of aromatic nitrogens is 8. The van der Waals surface area contributed by atoms with E-state index in [4.69, 9.17) is 5.73 Å². The molecule has 0 unspecified atom stereocenters. The normalized spacial score (nSPS) is 10.3. The maximum atomic E-state index is 10.6. The van der Waals surface area contributed by atoms with Crippen LogP contribution in [0.1, 0.15) is 0 Å². The molecule has 98 valence electrons. The maximum Gasteiger partial charge on any atom is 0.433 e. The Balaban J connectivity index is 0.00000133. The van der Waals surface area contributed by atoms with Crippen molar-refractivity contribution < 1.29 is 4.92 Å². The van der Waals surface area contributed by atoms with Crippen LogP contribution in [0.2, 0.25) is 0 Å². The molecule has 0 aliphatic rings. The minimum absolute atomic E-state index is 0. The molecule has 0 aliphatic carbocycles. The van der Waals surface area contributed by atoms with Gasteiger partial charge in [-0.3, -0.25) is 0 Å². The minimum atomic E-state index is -0.739. The molecule has 0 radical (unpaired) electrons. The second kappa shape index (κ2) is 4.22. The van der Waals surface area contributed by atoms with Crippen molar-refractivity contribution in [2.45, 2.75) is 0 Å². The summed E-state index contributed by atoms with van der Waals surface area (Å²) in [7, 11) is 0. The molecule has 3 aromatic rings. The fraction of sp³-hybridized carbons (Fsp3) is 0. The molecule has 0 atom stereocenters. The van der Waals surface area contributed by atoms with E-state index in [-0.39, 0.29) is 23.4 Å². The van der Waals surface area contributed by atoms with Crippen LogP contribution in [0.4, 0.5) is 11.6 Å². The second-order valence-corrected chi connectivity index (χ2v) is 3.20. The van der Waals surface area contributed by atoms with Crippen molar-refractivity contribution in [3.05, 3.63) is 16.3 Å². The van der Waals surface area contributed by atoms with Gasteiger partial charge in [-0.05, 0) is 15.2 Å². The third-order valence-electron chi connectivity index (χ3n) is 2.20. The van der Waals surface area contributed by atoms with Gasteiger partial charge >= 0.3 is 5.82 Å². The molecule has 0 fully saturated rings. The van der Waals surface area contributed by atoms with E-state index >= 15 is 0 Å². The summed E-state index contributed by atoms with van der Waals surface area (Å²) in [6, 6.07) is 0. The van der Waals surface area contributed by atoms with E-state index in [0.29, 0.717) is 5.56 Å². The summed E-state index contributed by atoms with van der Waals surface area (Å²) in [4.78, 5) is 9.90. The van der Waals surface area contributed by atoms with E-state index in [1.807, 2.05) is 0 Å². The Labute approximate surface area is 103 Å². The fourth-order valence-corrected chi connectivity index (χ4v) is 1.42. The van der Waals surface area contributed by atoms with E-state index < -0.39 is 10.7 Å². The molecule has 13 nitrogen and oxygen atoms in total. The first kappa shape index (κ1) is 12.2. The van der Waals surface area contributed by atoms with Crippen molar-refractivity contribution in [2.24, 2.45) is 0 Å². The van der Waals surface area contributed by atoms with Crippen LogP contribution in [0.15, 0.2) is 6.20 Å². The molecule has 0 saturated carbocycles. The molecule has 0 amide bonds. The number of nitrogens with one attached hydrogen (secondary N) is 1. The number of tetrazole rings is 1. The monoisotopic (exact) mass is 265 g/mol. The van der Waals surface area contributed by atoms with E-state index in [2.05, 4.69) is 35.9 Å². The van der Waals surface area contributed by atoms with Crippen molar-refractivity contribution in [3.8, 4) is 11.4 Å². The lowest BCUT2D eigenvalue weighted by atomic mass is 10.3. The topological polar surface area (TPSA) is 202 Å². The third kappa shape index (κ3) is 1.69. The number of nitro groups is 1. The summed E-state index contributed by atoms with van der Waals surface area (Å²) < 4.78 is 1.09. The molecular formula is C6H7N11O2. The number of hydrogen-bond donors (Lipinski definition) is 3. The zero-order valence-corrected chi connectivity index (χ0v) is 9.26. The molecule has 6 N–H and O–H groups in total. The Morgan fingerprint density at radius 1 is 1.37 bits per heavy atom. The maximum absolute atomic E-state index is 10.6. The smallest absolute Gasteiger partial charge is 0.376 e. The van der Waals surface area contributed by atoms with Gasteiger partial charge in [-0.15, -0.1) is 10.2 Å². The van der Waals surface area contributed by atoms with Gasteiger partial charge in [-0.1, -0.05) is 0 Å². The highest BCUT2D eigenvalue weighted by Gasteiger charge is 2.22. The summed E-state index contributed by atoms with van der Waals surface area (Å²) in [5.41, 5.74) is 6.20. The lowest BCUT2D eigenvalue weighted by Gasteiger charge is -1.97. The number of hydrogen-bond acceptors (Lipinski definition) is 10. The van der Waals surface area contributed by atoms with Gasteiger partial charge < -0.3 is 22.0 Å². The van der Waals surface area contributed by atoms with Crippen LogP contribution in [0.25, 0.3) is 17.0 Å². The van der Waals surface area contributed by atoms with Crippen LogP contribution in [-0.2, 0) is 0 Å². The highest BCUT2D eigenvalue weighted by molar-refractivity contribution is 5.73. The van der Waals surface area contributed by atoms with Crippen LogP contribution in [0.5, 0.6) is 0 Å². The number of nitrogens with zero attached hydrogens (tertiary/aromatic N) is 8. The number of rotatable bonds is 2. The molecule has 0 spiro atoms. The first-order valence-corrected chi connectivity index (χ1v) is 4.56. The molecule has 0 bridgehead atoms. The van der Waals surface area contributed by atoms with E-state index in [1.54, 1.807) is 0 Å². The Kier molecular flexibility index (Phi) is 2.72. The van der Waals surface area contributed by atoms with Gasteiger partial charge in [0, 0.05) is 0 Å². The number of anilines is 1. The predicted molar refractivity (Wildman–Crippen MR) is 60.0 cm³/mol. The zero-order chi connectivity index (χ0) is 12.7. The highest BCUT2D eigenvalue weighted by atomic mass is 16.6. The first-order valence-electron chi connectivity index (χ1n) is 4.56. The van der Waals surface area contributed by atoms with Crippen molar-refractivity contribution in [1.29, 1.82) is 0 Å². The number of fused-ring (bicyclic) bond motifs is 1. The van der Waals surface area contributed by atoms with Crippen LogP contribution < -0.4 is 11.9 Å². The summed E-state index contributed by atoms with van der Waals surface area (Å²) in [6.07, 6.45) is 1.37. The van der Waals surface area contributed by atoms with Crippen molar-refractivity contribution in [2.75, 3.05) is 5.73 Å². The van der Waals surface area contributed by atoms with Crippen molar-refractivity contribution >= 4 is 17.3 Å². The molecule has 0 aromatic carbocycles. The van der Waals surface area contributed by atoms with E-state index in [9.17, 15) is 10.1 Å². The average Bonchev–Trinajstić information content (AvgIpc) is 2.96. The van der Waals surface area contributed by atoms with Crippen molar-refractivity contribution in [1.82, 2.24) is 46.6 Å². The number of nitrogens with two attached hydrogens (primary N) is 1. The molecule has 3 heterocycles. The molecule has 0 aliphatic heterocycles. The number of aromatic amines is 1. The largest absolute Gasteiger partial charge is 0.433 e. The van der Waals surface area contributed by atoms with Crippen LogP contribution >= 0.6 is 0 Å². The highest BCUT2D eigenvalue weighted by Crippen LogP contribution is 2.23. The van der Waals surface area contributed by atoms with Gasteiger partial charge in [0.25, 0.3) is 0 Å². The first-order chi connectivity index (χ1) is 8.68. The standard InChI is InChI=1S/C6H4N10O2.H3N/c7-3-6(16(17)18)12-11-5-2(1-8-15(3)5)4-9-13-14-10-4;/h1H,7H2,(H,9,10,13,14);1H3. The summed E-state index contributed by atoms with van der Waals surface area (Å²) >= 11 is 0. The van der Waals surface area contributed by atoms with Gasteiger partial charge in [0.05, 0.1) is 16.9 Å². The average molecular weight is 265 g/mol. The molecule has 3 rings (SSSR count). The Morgan fingerprint density at radius 3 is 2.79 bits per heavy atom. The lowest BCUT2D eigenvalue weighted by Crippen LogP contribution is -2.07. The zero-order valence-electron chi connectivity index (χ0n) is 9.26. The number of H-pyrrole nitrogens is 1. The van der Waals surface area contributed by atoms with Crippen LogP contribution in [-0.4, -0.2) is 45.4 Å². The molecule has 13 heteroatoms. The minimum Gasteiger partial charge on any atom is -0.376 e. The second-order valence-electron chi connectivity index (χ2n) is 3.20. The van der Waals surface area contributed by atoms with Gasteiger partial charge in [0.15, 0.2) is 0 Å².